The summed E-state index contributed by atoms with van der Waals surface area (Å²) in [6.07, 6.45) is 2.95. The first-order valence-electron chi connectivity index (χ1n) is 7.18. The highest BCUT2D eigenvalue weighted by Gasteiger charge is 2.30. The van der Waals surface area contributed by atoms with Gasteiger partial charge in [0.15, 0.2) is 0 Å². The van der Waals surface area contributed by atoms with Gasteiger partial charge in [-0.3, -0.25) is 4.98 Å². The molecule has 1 aromatic carbocycles. The van der Waals surface area contributed by atoms with Gasteiger partial charge in [0, 0.05) is 31.3 Å². The lowest BCUT2D eigenvalue weighted by Crippen LogP contribution is -2.39. The van der Waals surface area contributed by atoms with Crippen LogP contribution in [0.1, 0.15) is 12.8 Å². The van der Waals surface area contributed by atoms with Crippen molar-refractivity contribution in [2.24, 2.45) is 5.92 Å². The van der Waals surface area contributed by atoms with E-state index in [2.05, 4.69) is 4.98 Å². The molecule has 1 N–H and O–H groups in total. The zero-order chi connectivity index (χ0) is 15.7. The first-order chi connectivity index (χ1) is 10.5. The third kappa shape index (κ3) is 2.72. The van der Waals surface area contributed by atoms with E-state index in [0.717, 1.165) is 0 Å². The van der Waals surface area contributed by atoms with Crippen LogP contribution in [0.5, 0.6) is 0 Å². The number of piperidine rings is 1. The Morgan fingerprint density at radius 1 is 1.27 bits per heavy atom. The van der Waals surface area contributed by atoms with E-state index in [9.17, 15) is 13.5 Å². The smallest absolute Gasteiger partial charge is 0.243 e. The van der Waals surface area contributed by atoms with Crippen LogP contribution in [0.4, 0.5) is 0 Å². The van der Waals surface area contributed by atoms with E-state index in [1.807, 2.05) is 0 Å². The van der Waals surface area contributed by atoms with Crippen molar-refractivity contribution < 1.29 is 13.5 Å². The van der Waals surface area contributed by atoms with Crippen molar-refractivity contribution in [2.75, 3.05) is 19.7 Å². The van der Waals surface area contributed by atoms with E-state index in [-0.39, 0.29) is 17.4 Å². The summed E-state index contributed by atoms with van der Waals surface area (Å²) < 4.78 is 27.3. The van der Waals surface area contributed by atoms with Gasteiger partial charge in [0.05, 0.1) is 15.4 Å². The van der Waals surface area contributed by atoms with E-state index < -0.39 is 10.0 Å². The number of benzene rings is 1. The van der Waals surface area contributed by atoms with Gasteiger partial charge < -0.3 is 5.11 Å². The predicted octanol–water partition coefficient (Wildman–Crippen LogP) is 2.28. The lowest BCUT2D eigenvalue weighted by Gasteiger charge is -2.30. The number of rotatable bonds is 3. The number of sulfonamides is 1. The van der Waals surface area contributed by atoms with Gasteiger partial charge in [-0.25, -0.2) is 8.42 Å². The summed E-state index contributed by atoms with van der Waals surface area (Å²) >= 11 is 6.10. The van der Waals surface area contributed by atoms with Crippen LogP contribution in [0, 0.1) is 5.92 Å². The third-order valence-electron chi connectivity index (χ3n) is 4.13. The van der Waals surface area contributed by atoms with Gasteiger partial charge in [-0.1, -0.05) is 11.6 Å². The number of aliphatic hydroxyl groups excluding tert-OH is 1. The van der Waals surface area contributed by atoms with E-state index in [4.69, 9.17) is 11.6 Å². The Hall–Kier alpha value is -1.21. The number of aromatic nitrogens is 1. The Morgan fingerprint density at radius 3 is 2.68 bits per heavy atom. The maximum Gasteiger partial charge on any atom is 0.243 e. The van der Waals surface area contributed by atoms with E-state index in [1.165, 1.54) is 4.31 Å². The molecule has 0 atom stereocenters. The van der Waals surface area contributed by atoms with Gasteiger partial charge >= 0.3 is 0 Å². The molecule has 5 nitrogen and oxygen atoms in total. The van der Waals surface area contributed by atoms with Gasteiger partial charge in [0.25, 0.3) is 0 Å². The lowest BCUT2D eigenvalue weighted by atomic mass is 10.00. The monoisotopic (exact) mass is 340 g/mol. The Labute approximate surface area is 134 Å². The maximum absolute atomic E-state index is 12.9. The summed E-state index contributed by atoms with van der Waals surface area (Å²) in [5, 5.41) is 10.2. The topological polar surface area (TPSA) is 70.5 Å². The van der Waals surface area contributed by atoms with Gasteiger partial charge in [0.2, 0.25) is 10.0 Å². The van der Waals surface area contributed by atoms with E-state index in [1.54, 1.807) is 30.5 Å². The summed E-state index contributed by atoms with van der Waals surface area (Å²) in [4.78, 5) is 4.42. The first-order valence-corrected chi connectivity index (χ1v) is 9.00. The second kappa shape index (κ2) is 6.12. The molecule has 0 amide bonds. The molecule has 2 aromatic rings. The molecule has 1 aliphatic heterocycles. The fourth-order valence-electron chi connectivity index (χ4n) is 2.81. The Balaban J connectivity index is 2.02. The molecule has 1 saturated heterocycles. The normalized spacial score (nSPS) is 17.9. The molecule has 1 aromatic heterocycles. The number of halogens is 1. The summed E-state index contributed by atoms with van der Waals surface area (Å²) in [6.45, 7) is 0.970. The van der Waals surface area contributed by atoms with Crippen LogP contribution in [0.15, 0.2) is 35.4 Å². The van der Waals surface area contributed by atoms with Crippen molar-refractivity contribution in [3.05, 3.63) is 35.5 Å². The van der Waals surface area contributed by atoms with Gasteiger partial charge in [-0.05, 0) is 43.0 Å². The van der Waals surface area contributed by atoms with Crippen molar-refractivity contribution in [3.63, 3.8) is 0 Å². The van der Waals surface area contributed by atoms with Gasteiger partial charge in [-0.15, -0.1) is 0 Å². The molecule has 0 saturated carbocycles. The fraction of sp³-hybridized carbons (Fsp3) is 0.400. The Bertz CT molecular complexity index is 786. The molecule has 0 aliphatic carbocycles. The van der Waals surface area contributed by atoms with Crippen molar-refractivity contribution in [2.45, 2.75) is 17.7 Å². The molecular weight excluding hydrogens is 324 g/mol. The highest BCUT2D eigenvalue weighted by molar-refractivity contribution is 7.89. The van der Waals surface area contributed by atoms with Crippen LogP contribution in [0.25, 0.3) is 10.9 Å². The average molecular weight is 341 g/mol. The maximum atomic E-state index is 12.9. The van der Waals surface area contributed by atoms with Crippen molar-refractivity contribution in [1.29, 1.82) is 0 Å². The number of nitrogens with zero attached hydrogens (tertiary/aromatic N) is 2. The van der Waals surface area contributed by atoms with Crippen LogP contribution in [-0.2, 0) is 10.0 Å². The molecule has 7 heteroatoms. The molecule has 3 rings (SSSR count). The minimum atomic E-state index is -3.58. The minimum Gasteiger partial charge on any atom is -0.396 e. The van der Waals surface area contributed by atoms with Crippen LogP contribution in [-0.4, -0.2) is 42.5 Å². The van der Waals surface area contributed by atoms with Crippen LogP contribution in [0.2, 0.25) is 5.02 Å². The SMILES string of the molecule is O=S(=O)(c1ccc(Cl)c2ncccc12)N1CCC(CO)CC1. The predicted molar refractivity (Wildman–Crippen MR) is 85.3 cm³/mol. The summed E-state index contributed by atoms with van der Waals surface area (Å²) in [6, 6.07) is 6.54. The summed E-state index contributed by atoms with van der Waals surface area (Å²) in [7, 11) is -3.58. The molecule has 0 spiro atoms. The van der Waals surface area contributed by atoms with Crippen LogP contribution >= 0.6 is 11.6 Å². The molecule has 0 bridgehead atoms. The lowest BCUT2D eigenvalue weighted by molar-refractivity contribution is 0.170. The van der Waals surface area contributed by atoms with Crippen LogP contribution in [0.3, 0.4) is 0 Å². The highest BCUT2D eigenvalue weighted by Crippen LogP contribution is 2.31. The molecule has 2 heterocycles. The molecule has 1 aliphatic rings. The average Bonchev–Trinajstić information content (AvgIpc) is 2.55. The van der Waals surface area contributed by atoms with Crippen molar-refractivity contribution in [3.8, 4) is 0 Å². The fourth-order valence-corrected chi connectivity index (χ4v) is 4.67. The van der Waals surface area contributed by atoms with Crippen molar-refractivity contribution >= 4 is 32.5 Å². The van der Waals surface area contributed by atoms with Crippen molar-refractivity contribution in [1.82, 2.24) is 9.29 Å². The Morgan fingerprint density at radius 2 is 2.00 bits per heavy atom. The number of fused-ring (bicyclic) bond motifs is 1. The highest BCUT2D eigenvalue weighted by atomic mass is 35.5. The summed E-state index contributed by atoms with van der Waals surface area (Å²) in [5.41, 5.74) is 0.496. The third-order valence-corrected chi connectivity index (χ3v) is 6.39. The number of hydrogen-bond acceptors (Lipinski definition) is 4. The molecule has 0 radical (unpaired) electrons. The van der Waals surface area contributed by atoms with Gasteiger partial charge in [-0.2, -0.15) is 4.31 Å². The molecule has 118 valence electrons. The largest absolute Gasteiger partial charge is 0.396 e. The quantitative estimate of drug-likeness (QED) is 0.930. The zero-order valence-corrected chi connectivity index (χ0v) is 13.5. The minimum absolute atomic E-state index is 0.113. The standard InChI is InChI=1S/C15H17ClN2O3S/c16-13-3-4-14(12-2-1-7-17-15(12)13)22(20,21)18-8-5-11(10-19)6-9-18/h1-4,7,11,19H,5-6,8-10H2. The molecule has 1 fully saturated rings. The van der Waals surface area contributed by atoms with E-state index in [0.29, 0.717) is 41.9 Å². The van der Waals surface area contributed by atoms with E-state index >= 15 is 0 Å². The molecular formula is C15H17ClN2O3S. The zero-order valence-electron chi connectivity index (χ0n) is 11.9. The van der Waals surface area contributed by atoms with Gasteiger partial charge in [0.1, 0.15) is 0 Å². The number of pyridine rings is 1. The second-order valence-electron chi connectivity index (χ2n) is 5.48. The number of hydrogen-bond donors (Lipinski definition) is 1. The Kier molecular flexibility index (Phi) is 4.36. The number of aliphatic hydroxyl groups is 1. The van der Waals surface area contributed by atoms with Crippen LogP contribution < -0.4 is 0 Å². The first kappa shape index (κ1) is 15.7. The molecule has 0 unspecified atom stereocenters. The second-order valence-corrected chi connectivity index (χ2v) is 7.79. The summed E-state index contributed by atoms with van der Waals surface area (Å²) in [5.74, 6) is 0.190. The molecule has 22 heavy (non-hydrogen) atoms.